The highest BCUT2D eigenvalue weighted by atomic mass is 16.3. The number of likely N-dealkylation sites (N-methyl/N-ethyl adjacent to an activating group) is 1. The summed E-state index contributed by atoms with van der Waals surface area (Å²) in [5.41, 5.74) is 0.574. The van der Waals surface area contributed by atoms with Gasteiger partial charge < -0.3 is 25.7 Å². The van der Waals surface area contributed by atoms with Gasteiger partial charge in [-0.3, -0.25) is 0 Å². The highest BCUT2D eigenvalue weighted by Crippen LogP contribution is 2.27. The lowest BCUT2D eigenvalue weighted by Gasteiger charge is -2.10. The van der Waals surface area contributed by atoms with E-state index < -0.39 is 6.10 Å². The van der Waals surface area contributed by atoms with Gasteiger partial charge >= 0.3 is 0 Å². The molecule has 0 aliphatic rings. The number of nitrogens with one attached hydrogen (secondary N) is 1. The number of phenols is 3. The largest absolute Gasteiger partial charge is 0.508 e. The summed E-state index contributed by atoms with van der Waals surface area (Å²) < 4.78 is 0. The Bertz CT molecular complexity index is 517. The van der Waals surface area contributed by atoms with E-state index in [1.165, 1.54) is 12.1 Å². The summed E-state index contributed by atoms with van der Waals surface area (Å²) >= 11 is 0. The molecule has 2 rings (SSSR count). The highest BCUT2D eigenvalue weighted by Gasteiger charge is 2.08. The van der Waals surface area contributed by atoms with E-state index in [1.807, 2.05) is 6.07 Å². The summed E-state index contributed by atoms with van der Waals surface area (Å²) in [5.74, 6) is -0.0736. The lowest BCUT2D eigenvalue weighted by molar-refractivity contribution is 0.177. The van der Waals surface area contributed by atoms with Crippen LogP contribution in [-0.4, -0.2) is 34.0 Å². The predicted molar refractivity (Wildman–Crippen MR) is 76.8 cm³/mol. The van der Waals surface area contributed by atoms with Crippen molar-refractivity contribution in [2.24, 2.45) is 0 Å². The molecular weight excluding hydrogens is 258 g/mol. The zero-order valence-electron chi connectivity index (χ0n) is 11.2. The standard InChI is InChI=1S/C9H13NO3.C6H6O/c1-10-5-9(13)6-2-3-7(11)8(12)4-6;7-6-4-2-1-3-5-6/h2-4,9-13H,5H2,1H3;1-5,7H. The number of rotatable bonds is 3. The molecule has 0 aliphatic carbocycles. The van der Waals surface area contributed by atoms with Gasteiger partial charge in [0.05, 0.1) is 6.10 Å². The van der Waals surface area contributed by atoms with Gasteiger partial charge in [-0.2, -0.15) is 0 Å². The van der Waals surface area contributed by atoms with Crippen LogP contribution in [0.5, 0.6) is 17.2 Å². The maximum absolute atomic E-state index is 9.48. The van der Waals surface area contributed by atoms with Crippen molar-refractivity contribution in [2.45, 2.75) is 6.10 Å². The topological polar surface area (TPSA) is 93.0 Å². The minimum absolute atomic E-state index is 0.180. The third-order valence-electron chi connectivity index (χ3n) is 2.54. The number of benzene rings is 2. The number of aliphatic hydroxyl groups excluding tert-OH is 1. The number of para-hydroxylation sites is 1. The van der Waals surface area contributed by atoms with Crippen molar-refractivity contribution in [2.75, 3.05) is 13.6 Å². The van der Waals surface area contributed by atoms with Gasteiger partial charge in [-0.25, -0.2) is 0 Å². The summed E-state index contributed by atoms with van der Waals surface area (Å²) in [6.07, 6.45) is -0.670. The predicted octanol–water partition coefficient (Wildman–Crippen LogP) is 1.74. The van der Waals surface area contributed by atoms with Crippen molar-refractivity contribution >= 4 is 0 Å². The van der Waals surface area contributed by atoms with Crippen LogP contribution in [-0.2, 0) is 0 Å². The Hall–Kier alpha value is -2.24. The first-order chi connectivity index (χ1) is 9.54. The van der Waals surface area contributed by atoms with Crippen LogP contribution < -0.4 is 5.32 Å². The smallest absolute Gasteiger partial charge is 0.157 e. The van der Waals surface area contributed by atoms with E-state index in [9.17, 15) is 5.11 Å². The van der Waals surface area contributed by atoms with E-state index >= 15 is 0 Å². The fraction of sp³-hybridized carbons (Fsp3) is 0.200. The Kier molecular flexibility index (Phi) is 6.36. The molecule has 5 nitrogen and oxygen atoms in total. The summed E-state index contributed by atoms with van der Waals surface area (Å²) in [5, 5.41) is 39.1. The third-order valence-corrected chi connectivity index (χ3v) is 2.54. The van der Waals surface area contributed by atoms with Gasteiger partial charge in [-0.1, -0.05) is 24.3 Å². The van der Waals surface area contributed by atoms with Crippen LogP contribution in [0.25, 0.3) is 0 Å². The number of hydrogen-bond acceptors (Lipinski definition) is 5. The maximum Gasteiger partial charge on any atom is 0.157 e. The zero-order valence-corrected chi connectivity index (χ0v) is 11.2. The van der Waals surface area contributed by atoms with Crippen LogP contribution in [0.1, 0.15) is 11.7 Å². The molecule has 0 radical (unpaired) electrons. The molecule has 1 unspecified atom stereocenters. The van der Waals surface area contributed by atoms with E-state index in [1.54, 1.807) is 37.4 Å². The maximum atomic E-state index is 9.48. The lowest BCUT2D eigenvalue weighted by Crippen LogP contribution is -2.16. The Morgan fingerprint density at radius 1 is 0.950 bits per heavy atom. The van der Waals surface area contributed by atoms with Crippen LogP contribution in [0.4, 0.5) is 0 Å². The Morgan fingerprint density at radius 2 is 1.60 bits per heavy atom. The molecule has 0 aromatic heterocycles. The summed E-state index contributed by atoms with van der Waals surface area (Å²) in [7, 11) is 1.73. The molecule has 0 spiro atoms. The second-order valence-corrected chi connectivity index (χ2v) is 4.16. The second-order valence-electron chi connectivity index (χ2n) is 4.16. The lowest BCUT2D eigenvalue weighted by atomic mass is 10.1. The normalized spacial score (nSPS) is 11.3. The van der Waals surface area contributed by atoms with Gasteiger partial charge in [0.1, 0.15) is 5.75 Å². The molecule has 1 atom stereocenters. The fourth-order valence-electron chi connectivity index (χ4n) is 1.49. The average Bonchev–Trinajstić information content (AvgIpc) is 2.44. The summed E-state index contributed by atoms with van der Waals surface area (Å²) in [6.45, 7) is 0.407. The minimum atomic E-state index is -0.670. The summed E-state index contributed by atoms with van der Waals surface area (Å²) in [4.78, 5) is 0. The minimum Gasteiger partial charge on any atom is -0.508 e. The molecule has 5 heteroatoms. The summed E-state index contributed by atoms with van der Waals surface area (Å²) in [6, 6.07) is 13.0. The van der Waals surface area contributed by atoms with E-state index in [-0.39, 0.29) is 11.5 Å². The number of aliphatic hydroxyl groups is 1. The van der Waals surface area contributed by atoms with Crippen molar-refractivity contribution in [3.05, 3.63) is 54.1 Å². The van der Waals surface area contributed by atoms with E-state index in [2.05, 4.69) is 5.32 Å². The SMILES string of the molecule is CNCC(O)c1ccc(O)c(O)c1.Oc1ccccc1. The van der Waals surface area contributed by atoms with E-state index in [4.69, 9.17) is 15.3 Å². The van der Waals surface area contributed by atoms with Crippen LogP contribution in [0.3, 0.4) is 0 Å². The molecule has 0 heterocycles. The van der Waals surface area contributed by atoms with E-state index in [0.717, 1.165) is 0 Å². The van der Waals surface area contributed by atoms with Crippen molar-refractivity contribution in [3.63, 3.8) is 0 Å². The Labute approximate surface area is 117 Å². The molecule has 0 amide bonds. The van der Waals surface area contributed by atoms with Gasteiger partial charge in [-0.05, 0) is 36.9 Å². The van der Waals surface area contributed by atoms with Crippen LogP contribution in [0.15, 0.2) is 48.5 Å². The molecular formula is C15H19NO4. The molecule has 0 aliphatic heterocycles. The van der Waals surface area contributed by atoms with Gasteiger partial charge in [0.25, 0.3) is 0 Å². The molecule has 5 N–H and O–H groups in total. The van der Waals surface area contributed by atoms with Crippen molar-refractivity contribution in [3.8, 4) is 17.2 Å². The van der Waals surface area contributed by atoms with Gasteiger partial charge in [0.2, 0.25) is 0 Å². The van der Waals surface area contributed by atoms with Gasteiger partial charge in [-0.15, -0.1) is 0 Å². The fourth-order valence-corrected chi connectivity index (χ4v) is 1.49. The molecule has 0 bridgehead atoms. The Balaban J connectivity index is 0.000000240. The molecule has 20 heavy (non-hydrogen) atoms. The molecule has 0 fully saturated rings. The van der Waals surface area contributed by atoms with Gasteiger partial charge in [0, 0.05) is 6.54 Å². The Morgan fingerprint density at radius 3 is 2.05 bits per heavy atom. The molecule has 0 saturated heterocycles. The number of hydrogen-bond donors (Lipinski definition) is 5. The second kappa shape index (κ2) is 8.04. The van der Waals surface area contributed by atoms with Crippen molar-refractivity contribution in [1.82, 2.24) is 5.32 Å². The molecule has 2 aromatic carbocycles. The highest BCUT2D eigenvalue weighted by molar-refractivity contribution is 5.41. The zero-order chi connectivity index (χ0) is 15.0. The van der Waals surface area contributed by atoms with Gasteiger partial charge in [0.15, 0.2) is 11.5 Å². The number of phenolic OH excluding ortho intramolecular Hbond substituents is 3. The number of aromatic hydroxyl groups is 3. The van der Waals surface area contributed by atoms with Crippen LogP contribution in [0, 0.1) is 0 Å². The third kappa shape index (κ3) is 5.17. The quantitative estimate of drug-likeness (QED) is 0.551. The average molecular weight is 277 g/mol. The van der Waals surface area contributed by atoms with E-state index in [0.29, 0.717) is 17.9 Å². The molecule has 2 aromatic rings. The first kappa shape index (κ1) is 15.8. The first-order valence-electron chi connectivity index (χ1n) is 6.13. The van der Waals surface area contributed by atoms with Crippen molar-refractivity contribution in [1.29, 1.82) is 0 Å². The van der Waals surface area contributed by atoms with Crippen LogP contribution >= 0.6 is 0 Å². The monoisotopic (exact) mass is 277 g/mol. The molecule has 0 saturated carbocycles. The van der Waals surface area contributed by atoms with Crippen LogP contribution in [0.2, 0.25) is 0 Å². The molecule has 108 valence electrons. The first-order valence-corrected chi connectivity index (χ1v) is 6.13. The van der Waals surface area contributed by atoms with Crippen molar-refractivity contribution < 1.29 is 20.4 Å².